The van der Waals surface area contributed by atoms with E-state index in [2.05, 4.69) is 40.3 Å². The third kappa shape index (κ3) is 4.50. The molecule has 2 aliphatic heterocycles. The summed E-state index contributed by atoms with van der Waals surface area (Å²) in [5.41, 5.74) is 2.84. The Kier molecular flexibility index (Phi) is 6.61. The summed E-state index contributed by atoms with van der Waals surface area (Å²) in [6.45, 7) is 4.49. The molecular formula is C24H29FN5OPS. The van der Waals surface area contributed by atoms with Gasteiger partial charge in [0.15, 0.2) is 5.13 Å². The molecule has 5 rings (SSSR count). The van der Waals surface area contributed by atoms with Gasteiger partial charge in [0.1, 0.15) is 17.5 Å². The van der Waals surface area contributed by atoms with Crippen molar-refractivity contribution in [2.75, 3.05) is 31.6 Å². The molecule has 3 aromatic rings. The van der Waals surface area contributed by atoms with Gasteiger partial charge in [0, 0.05) is 33.3 Å². The number of hydrogen-bond acceptors (Lipinski definition) is 6. The molecule has 2 unspecified atom stereocenters. The highest BCUT2D eigenvalue weighted by Crippen LogP contribution is 2.42. The van der Waals surface area contributed by atoms with E-state index in [1.807, 2.05) is 5.38 Å². The average molecular weight is 486 g/mol. The van der Waals surface area contributed by atoms with Crippen LogP contribution in [0.1, 0.15) is 31.3 Å². The van der Waals surface area contributed by atoms with Crippen molar-refractivity contribution in [3.63, 3.8) is 0 Å². The Morgan fingerprint density at radius 2 is 1.97 bits per heavy atom. The number of likely N-dealkylation sites (tertiary alicyclic amines) is 1. The highest BCUT2D eigenvalue weighted by Gasteiger charge is 2.29. The fourth-order valence-electron chi connectivity index (χ4n) is 4.53. The van der Waals surface area contributed by atoms with Crippen LogP contribution in [0.3, 0.4) is 0 Å². The fraction of sp³-hybridized carbons (Fsp3) is 0.417. The number of nitrogens with zero attached hydrogens (tertiary/aromatic N) is 5. The van der Waals surface area contributed by atoms with Crippen LogP contribution >= 0.6 is 20.1 Å². The molecule has 2 aliphatic rings. The lowest BCUT2D eigenvalue weighted by Crippen LogP contribution is -2.40. The van der Waals surface area contributed by atoms with Gasteiger partial charge in [-0.3, -0.25) is 9.24 Å². The Morgan fingerprint density at radius 3 is 2.67 bits per heavy atom. The van der Waals surface area contributed by atoms with Gasteiger partial charge in [0.05, 0.1) is 17.2 Å². The predicted molar refractivity (Wildman–Crippen MR) is 135 cm³/mol. The van der Waals surface area contributed by atoms with Crippen LogP contribution in [0.4, 0.5) is 15.3 Å². The zero-order valence-electron chi connectivity index (χ0n) is 18.9. The third-order valence-corrected chi connectivity index (χ3v) is 8.95. The number of thiazole rings is 1. The van der Waals surface area contributed by atoms with Crippen LogP contribution in [0.25, 0.3) is 17.3 Å². The number of imidazole rings is 1. The Bertz CT molecular complexity index is 1140. The maximum absolute atomic E-state index is 13.3. The van der Waals surface area contributed by atoms with Crippen molar-refractivity contribution in [1.29, 1.82) is 0 Å². The normalized spacial score (nSPS) is 19.8. The highest BCUT2D eigenvalue weighted by atomic mass is 32.1. The van der Waals surface area contributed by atoms with Crippen LogP contribution in [-0.2, 0) is 6.42 Å². The number of aromatic nitrogens is 3. The smallest absolute Gasteiger partial charge is 0.191 e. The van der Waals surface area contributed by atoms with Crippen LogP contribution in [0, 0.1) is 11.7 Å². The first-order valence-corrected chi connectivity index (χ1v) is 13.3. The molecule has 6 nitrogen and oxygen atoms in total. The quantitative estimate of drug-likeness (QED) is 0.500. The van der Waals surface area contributed by atoms with Crippen molar-refractivity contribution in [1.82, 2.24) is 19.2 Å². The number of aliphatic hydroxyl groups excluding tert-OH is 1. The van der Waals surface area contributed by atoms with Crippen LogP contribution in [0.5, 0.6) is 0 Å². The summed E-state index contributed by atoms with van der Waals surface area (Å²) in [5.74, 6) is 2.66. The minimum Gasteiger partial charge on any atom is -0.396 e. The number of halogens is 1. The van der Waals surface area contributed by atoms with E-state index < -0.39 is 0 Å². The molecule has 0 saturated carbocycles. The second-order valence-corrected chi connectivity index (χ2v) is 10.7. The van der Waals surface area contributed by atoms with Crippen LogP contribution in [0.2, 0.25) is 0 Å². The second-order valence-electron chi connectivity index (χ2n) is 8.61. The van der Waals surface area contributed by atoms with Crippen molar-refractivity contribution in [3.05, 3.63) is 53.1 Å². The molecular weight excluding hydrogens is 456 g/mol. The number of aliphatic hydroxyl groups is 1. The largest absolute Gasteiger partial charge is 0.396 e. The second kappa shape index (κ2) is 9.63. The lowest BCUT2D eigenvalue weighted by molar-refractivity contribution is 0.132. The van der Waals surface area contributed by atoms with E-state index in [-0.39, 0.29) is 5.82 Å². The zero-order valence-corrected chi connectivity index (χ0v) is 20.7. The van der Waals surface area contributed by atoms with Crippen molar-refractivity contribution < 1.29 is 9.50 Å². The maximum Gasteiger partial charge on any atom is 0.191 e. The van der Waals surface area contributed by atoms with Gasteiger partial charge in [-0.25, -0.2) is 14.4 Å². The Labute approximate surface area is 199 Å². The van der Waals surface area contributed by atoms with Crippen molar-refractivity contribution in [3.8, 4) is 11.3 Å². The number of anilines is 2. The van der Waals surface area contributed by atoms with Gasteiger partial charge in [-0.05, 0) is 68.6 Å². The molecule has 9 heteroatoms. The number of rotatable bonds is 6. The fourth-order valence-corrected chi connectivity index (χ4v) is 6.86. The first kappa shape index (κ1) is 22.7. The van der Waals surface area contributed by atoms with E-state index in [4.69, 9.17) is 9.97 Å². The minimum atomic E-state index is -0.242. The van der Waals surface area contributed by atoms with E-state index in [1.54, 1.807) is 23.5 Å². The first-order valence-electron chi connectivity index (χ1n) is 11.4. The Balaban J connectivity index is 1.40. The lowest BCUT2D eigenvalue weighted by atomic mass is 9.98. The molecule has 2 aromatic heterocycles. The van der Waals surface area contributed by atoms with E-state index in [9.17, 15) is 9.50 Å². The number of aryl methyl sites for hydroxylation is 1. The summed E-state index contributed by atoms with van der Waals surface area (Å²) >= 11 is 1.59. The summed E-state index contributed by atoms with van der Waals surface area (Å²) in [6.07, 6.45) is 7.41. The van der Waals surface area contributed by atoms with Gasteiger partial charge in [0.2, 0.25) is 0 Å². The van der Waals surface area contributed by atoms with Crippen molar-refractivity contribution in [2.24, 2.45) is 5.92 Å². The number of benzene rings is 1. The molecule has 1 saturated heterocycles. The van der Waals surface area contributed by atoms with E-state index in [1.165, 1.54) is 12.1 Å². The topological polar surface area (TPSA) is 57.4 Å². The summed E-state index contributed by atoms with van der Waals surface area (Å²) in [7, 11) is 2.61. The molecule has 0 radical (unpaired) electrons. The summed E-state index contributed by atoms with van der Waals surface area (Å²) < 4.78 is 15.7. The van der Waals surface area contributed by atoms with Gasteiger partial charge in [-0.15, -0.1) is 11.3 Å². The van der Waals surface area contributed by atoms with Crippen molar-refractivity contribution in [2.45, 2.75) is 32.0 Å². The predicted octanol–water partition coefficient (Wildman–Crippen LogP) is 4.97. The number of piperidine rings is 1. The highest BCUT2D eigenvalue weighted by molar-refractivity contribution is 7.37. The van der Waals surface area contributed by atoms with Crippen LogP contribution in [-0.4, -0.2) is 56.8 Å². The standard InChI is InChI=1S/C24H29FN5OPS/c1-3-19-23(28(2)24-27-20(15-33-24)17-4-6-18(25)7-5-17)30-21(26-19)8-9-22(32-30)29-12-10-16(14-31)11-13-29/h4-9,15-16,22,31-32H,3,10-14H2,1-2H3. The maximum atomic E-state index is 13.3. The molecule has 174 valence electrons. The van der Waals surface area contributed by atoms with Gasteiger partial charge < -0.3 is 10.0 Å². The minimum absolute atomic E-state index is 0.242. The summed E-state index contributed by atoms with van der Waals surface area (Å²) in [6, 6.07) is 6.47. The first-order chi connectivity index (χ1) is 16.1. The Hall–Kier alpha value is -2.12. The zero-order chi connectivity index (χ0) is 22.9. The van der Waals surface area contributed by atoms with E-state index in [0.717, 1.165) is 66.1 Å². The molecule has 2 atom stereocenters. The lowest BCUT2D eigenvalue weighted by Gasteiger charge is -2.37. The molecule has 1 aromatic carbocycles. The van der Waals surface area contributed by atoms with Gasteiger partial charge >= 0.3 is 0 Å². The molecule has 4 heterocycles. The van der Waals surface area contributed by atoms with Crippen molar-refractivity contribution >= 4 is 37.1 Å². The van der Waals surface area contributed by atoms with Crippen LogP contribution < -0.4 is 4.90 Å². The molecule has 0 aliphatic carbocycles. The van der Waals surface area contributed by atoms with E-state index >= 15 is 0 Å². The van der Waals surface area contributed by atoms with Gasteiger partial charge in [-0.2, -0.15) is 0 Å². The summed E-state index contributed by atoms with van der Waals surface area (Å²) in [4.78, 5) is 14.5. The summed E-state index contributed by atoms with van der Waals surface area (Å²) in [5, 5.41) is 12.4. The SMILES string of the molecule is CCc1nc2n(c1N(C)c1nc(-c3ccc(F)cc3)cs1)PC(N1CCC(CO)CC1)C=C2. The van der Waals surface area contributed by atoms with E-state index in [0.29, 0.717) is 27.0 Å². The average Bonchev–Trinajstić information content (AvgIpc) is 3.49. The van der Waals surface area contributed by atoms with Gasteiger partial charge in [-0.1, -0.05) is 13.0 Å². The molecule has 0 bridgehead atoms. The third-order valence-electron chi connectivity index (χ3n) is 6.51. The van der Waals surface area contributed by atoms with Crippen LogP contribution in [0.15, 0.2) is 35.7 Å². The molecule has 1 N–H and O–H groups in total. The Morgan fingerprint density at radius 1 is 1.21 bits per heavy atom. The molecule has 0 amide bonds. The number of fused-ring (bicyclic) bond motifs is 1. The molecule has 1 fully saturated rings. The molecule has 33 heavy (non-hydrogen) atoms. The molecule has 0 spiro atoms. The monoisotopic (exact) mass is 485 g/mol. The number of hydrogen-bond donors (Lipinski definition) is 1. The van der Waals surface area contributed by atoms with Gasteiger partial charge in [0.25, 0.3) is 0 Å².